The van der Waals surface area contributed by atoms with Crippen molar-refractivity contribution in [1.82, 2.24) is 0 Å². The number of hydrogen-bond acceptors (Lipinski definition) is 2. The quantitative estimate of drug-likeness (QED) is 0.400. The third-order valence-corrected chi connectivity index (χ3v) is 3.20. The van der Waals surface area contributed by atoms with Gasteiger partial charge >= 0.3 is 5.97 Å². The maximum absolute atomic E-state index is 12.0. The molecule has 110 valence electrons. The first kappa shape index (κ1) is 14.6. The minimum absolute atomic E-state index is 0.367. The Morgan fingerprint density at radius 2 is 1.17 bits per heavy atom. The fourth-order valence-electron chi connectivity index (χ4n) is 2.01. The summed E-state index contributed by atoms with van der Waals surface area (Å²) in [6.45, 7) is 0. The van der Waals surface area contributed by atoms with Gasteiger partial charge in [-0.3, -0.25) is 0 Å². The molecular formula is C21H14O2. The van der Waals surface area contributed by atoms with Crippen LogP contribution in [0.2, 0.25) is 0 Å². The molecule has 0 radical (unpaired) electrons. The molecule has 0 aliphatic heterocycles. The predicted octanol–water partition coefficient (Wildman–Crippen LogP) is 4.31. The number of benzene rings is 3. The molecule has 0 atom stereocenters. The number of carbonyl (C=O) groups excluding carboxylic acids is 1. The summed E-state index contributed by atoms with van der Waals surface area (Å²) in [6.07, 6.45) is 0. The van der Waals surface area contributed by atoms with E-state index >= 15 is 0 Å². The second-order valence-electron chi connectivity index (χ2n) is 4.90. The summed E-state index contributed by atoms with van der Waals surface area (Å²) in [5, 5.41) is 0. The summed E-state index contributed by atoms with van der Waals surface area (Å²) in [5.74, 6) is 6.31. The lowest BCUT2D eigenvalue weighted by Gasteiger charge is -2.04. The van der Waals surface area contributed by atoms with Gasteiger partial charge in [0.15, 0.2) is 0 Å². The van der Waals surface area contributed by atoms with E-state index in [-0.39, 0.29) is 5.97 Å². The first-order chi connectivity index (χ1) is 11.3. The molecule has 2 heteroatoms. The molecule has 0 spiro atoms. The van der Waals surface area contributed by atoms with Crippen molar-refractivity contribution in [1.29, 1.82) is 0 Å². The van der Waals surface area contributed by atoms with E-state index in [9.17, 15) is 4.79 Å². The van der Waals surface area contributed by atoms with E-state index in [2.05, 4.69) is 11.8 Å². The highest BCUT2D eigenvalue weighted by molar-refractivity contribution is 5.90. The molecule has 0 aromatic heterocycles. The lowest BCUT2D eigenvalue weighted by atomic mass is 10.2. The molecule has 0 aliphatic rings. The molecule has 0 unspecified atom stereocenters. The molecule has 0 aliphatic carbocycles. The van der Waals surface area contributed by atoms with Crippen LogP contribution in [0.3, 0.4) is 0 Å². The van der Waals surface area contributed by atoms with Crippen molar-refractivity contribution in [3.8, 4) is 17.6 Å². The number of hydrogen-bond donors (Lipinski definition) is 0. The van der Waals surface area contributed by atoms with Gasteiger partial charge in [0.1, 0.15) is 5.75 Å². The average molecular weight is 298 g/mol. The van der Waals surface area contributed by atoms with Gasteiger partial charge in [-0.25, -0.2) is 4.79 Å². The molecule has 3 aromatic carbocycles. The Hall–Kier alpha value is -3.31. The van der Waals surface area contributed by atoms with Crippen LogP contribution in [0, 0.1) is 11.8 Å². The lowest BCUT2D eigenvalue weighted by molar-refractivity contribution is 0.0735. The monoisotopic (exact) mass is 298 g/mol. The van der Waals surface area contributed by atoms with Gasteiger partial charge in [-0.15, -0.1) is 0 Å². The largest absolute Gasteiger partial charge is 0.423 e. The molecule has 0 fully saturated rings. The normalized spacial score (nSPS) is 9.57. The summed E-state index contributed by atoms with van der Waals surface area (Å²) < 4.78 is 5.33. The first-order valence-corrected chi connectivity index (χ1v) is 7.26. The molecular weight excluding hydrogens is 284 g/mol. The number of rotatable bonds is 2. The highest BCUT2D eigenvalue weighted by atomic mass is 16.5. The maximum atomic E-state index is 12.0. The Balaban J connectivity index is 1.68. The Morgan fingerprint density at radius 3 is 1.78 bits per heavy atom. The molecule has 0 saturated carbocycles. The smallest absolute Gasteiger partial charge is 0.343 e. The minimum Gasteiger partial charge on any atom is -0.423 e. The van der Waals surface area contributed by atoms with E-state index in [4.69, 9.17) is 4.74 Å². The molecule has 0 N–H and O–H groups in total. The van der Waals surface area contributed by atoms with E-state index in [1.807, 2.05) is 48.5 Å². The van der Waals surface area contributed by atoms with Crippen molar-refractivity contribution in [2.45, 2.75) is 0 Å². The topological polar surface area (TPSA) is 26.3 Å². The highest BCUT2D eigenvalue weighted by Crippen LogP contribution is 2.14. The van der Waals surface area contributed by atoms with Crippen LogP contribution in [-0.4, -0.2) is 5.97 Å². The Morgan fingerprint density at radius 1 is 0.652 bits per heavy atom. The Kier molecular flexibility index (Phi) is 4.52. The van der Waals surface area contributed by atoms with Crippen LogP contribution < -0.4 is 4.74 Å². The summed E-state index contributed by atoms with van der Waals surface area (Å²) in [7, 11) is 0. The van der Waals surface area contributed by atoms with Crippen LogP contribution in [-0.2, 0) is 0 Å². The van der Waals surface area contributed by atoms with Crippen molar-refractivity contribution in [3.63, 3.8) is 0 Å². The molecule has 0 heterocycles. The van der Waals surface area contributed by atoms with Crippen LogP contribution in [0.1, 0.15) is 21.5 Å². The van der Waals surface area contributed by atoms with Gasteiger partial charge in [0.2, 0.25) is 0 Å². The van der Waals surface area contributed by atoms with Crippen molar-refractivity contribution in [2.75, 3.05) is 0 Å². The van der Waals surface area contributed by atoms with E-state index in [0.717, 1.165) is 11.1 Å². The molecule has 3 rings (SSSR count). The first-order valence-electron chi connectivity index (χ1n) is 7.26. The number of carbonyl (C=O) groups is 1. The van der Waals surface area contributed by atoms with E-state index in [1.54, 1.807) is 36.4 Å². The number of esters is 1. The van der Waals surface area contributed by atoms with E-state index in [1.165, 1.54) is 0 Å². The summed E-state index contributed by atoms with van der Waals surface area (Å²) in [5.41, 5.74) is 2.36. The zero-order valence-corrected chi connectivity index (χ0v) is 12.4. The molecule has 0 amide bonds. The molecule has 23 heavy (non-hydrogen) atoms. The number of ether oxygens (including phenoxy) is 1. The SMILES string of the molecule is O=C(Oc1ccc(C#Cc2ccccc2)cc1)c1ccccc1. The van der Waals surface area contributed by atoms with Gasteiger partial charge < -0.3 is 4.74 Å². The van der Waals surface area contributed by atoms with Gasteiger partial charge in [-0.2, -0.15) is 0 Å². The zero-order chi connectivity index (χ0) is 15.9. The Labute approximate surface area is 135 Å². The van der Waals surface area contributed by atoms with Gasteiger partial charge in [-0.1, -0.05) is 48.2 Å². The van der Waals surface area contributed by atoms with Crippen LogP contribution in [0.4, 0.5) is 0 Å². The third-order valence-electron chi connectivity index (χ3n) is 3.20. The fourth-order valence-corrected chi connectivity index (χ4v) is 2.01. The zero-order valence-electron chi connectivity index (χ0n) is 12.4. The Bertz CT molecular complexity index is 839. The van der Waals surface area contributed by atoms with Crippen LogP contribution in [0.25, 0.3) is 0 Å². The van der Waals surface area contributed by atoms with Crippen LogP contribution in [0.15, 0.2) is 84.9 Å². The summed E-state index contributed by atoms with van der Waals surface area (Å²) in [4.78, 5) is 12.0. The predicted molar refractivity (Wildman–Crippen MR) is 90.3 cm³/mol. The van der Waals surface area contributed by atoms with Crippen LogP contribution in [0.5, 0.6) is 5.75 Å². The molecule has 0 bridgehead atoms. The third kappa shape index (κ3) is 4.09. The van der Waals surface area contributed by atoms with E-state index < -0.39 is 0 Å². The van der Waals surface area contributed by atoms with Crippen molar-refractivity contribution < 1.29 is 9.53 Å². The van der Waals surface area contributed by atoms with Crippen molar-refractivity contribution >= 4 is 5.97 Å². The van der Waals surface area contributed by atoms with Crippen molar-refractivity contribution in [2.24, 2.45) is 0 Å². The van der Waals surface area contributed by atoms with Crippen molar-refractivity contribution in [3.05, 3.63) is 102 Å². The van der Waals surface area contributed by atoms with Gasteiger partial charge in [0.05, 0.1) is 5.56 Å². The lowest BCUT2D eigenvalue weighted by Crippen LogP contribution is -2.07. The van der Waals surface area contributed by atoms with Gasteiger partial charge in [-0.05, 0) is 48.5 Å². The molecule has 3 aromatic rings. The minimum atomic E-state index is -0.367. The average Bonchev–Trinajstić information content (AvgIpc) is 2.63. The summed E-state index contributed by atoms with van der Waals surface area (Å²) in [6, 6.07) is 25.9. The standard InChI is InChI=1S/C21H14O2/c22-21(19-9-5-2-6-10-19)23-20-15-13-18(14-16-20)12-11-17-7-3-1-4-8-17/h1-10,13-16H. The van der Waals surface area contributed by atoms with Gasteiger partial charge in [0.25, 0.3) is 0 Å². The second-order valence-corrected chi connectivity index (χ2v) is 4.90. The van der Waals surface area contributed by atoms with E-state index in [0.29, 0.717) is 11.3 Å². The summed E-state index contributed by atoms with van der Waals surface area (Å²) >= 11 is 0. The molecule has 2 nitrogen and oxygen atoms in total. The van der Waals surface area contributed by atoms with Gasteiger partial charge in [0, 0.05) is 11.1 Å². The highest BCUT2D eigenvalue weighted by Gasteiger charge is 2.07. The van der Waals surface area contributed by atoms with Crippen LogP contribution >= 0.6 is 0 Å². The second kappa shape index (κ2) is 7.11. The molecule has 0 saturated heterocycles. The fraction of sp³-hybridized carbons (Fsp3) is 0. The maximum Gasteiger partial charge on any atom is 0.343 e.